The molecule has 2 aromatic rings. The van der Waals surface area contributed by atoms with Gasteiger partial charge in [-0.05, 0) is 37.0 Å². The van der Waals surface area contributed by atoms with Crippen LogP contribution in [0.15, 0.2) is 24.5 Å². The van der Waals surface area contributed by atoms with Crippen molar-refractivity contribution in [1.29, 1.82) is 0 Å². The van der Waals surface area contributed by atoms with E-state index in [1.54, 1.807) is 6.20 Å². The molecule has 0 amide bonds. The van der Waals surface area contributed by atoms with Crippen LogP contribution in [-0.2, 0) is 11.2 Å². The van der Waals surface area contributed by atoms with Gasteiger partial charge in [-0.1, -0.05) is 0 Å². The highest BCUT2D eigenvalue weighted by atomic mass is 16.4. The predicted octanol–water partition coefficient (Wildman–Crippen LogP) is 1.97. The molecule has 1 aliphatic carbocycles. The van der Waals surface area contributed by atoms with Gasteiger partial charge in [0, 0.05) is 17.8 Å². The number of hydrogen-bond acceptors (Lipinski definition) is 2. The molecular formula is C12H12N2O2. The minimum atomic E-state index is -0.675. The first-order chi connectivity index (χ1) is 7.71. The molecule has 1 fully saturated rings. The van der Waals surface area contributed by atoms with Crippen LogP contribution in [0.3, 0.4) is 0 Å². The number of nitrogens with one attached hydrogen (secondary N) is 1. The number of fused-ring (bicyclic) bond motifs is 1. The van der Waals surface area contributed by atoms with E-state index in [2.05, 4.69) is 9.97 Å². The Morgan fingerprint density at radius 2 is 2.38 bits per heavy atom. The van der Waals surface area contributed by atoms with Crippen molar-refractivity contribution in [3.8, 4) is 0 Å². The normalized spacial score (nSPS) is 17.5. The summed E-state index contributed by atoms with van der Waals surface area (Å²) < 4.78 is 0. The van der Waals surface area contributed by atoms with Crippen LogP contribution >= 0.6 is 0 Å². The molecule has 0 aromatic carbocycles. The molecule has 0 radical (unpaired) electrons. The SMILES string of the molecule is O=C(O)C1(Cc2c[nH]c3ncccc23)CC1. The fraction of sp³-hybridized carbons (Fsp3) is 0.333. The maximum atomic E-state index is 11.1. The molecule has 0 spiro atoms. The summed E-state index contributed by atoms with van der Waals surface area (Å²) in [6.45, 7) is 0. The number of carboxylic acid groups (broad SMARTS) is 1. The highest BCUT2D eigenvalue weighted by molar-refractivity contribution is 5.83. The first-order valence-corrected chi connectivity index (χ1v) is 5.36. The standard InChI is InChI=1S/C12H12N2O2/c15-11(16)12(3-4-12)6-8-7-14-10-9(8)2-1-5-13-10/h1-2,5,7H,3-4,6H2,(H,13,14)(H,15,16). The summed E-state index contributed by atoms with van der Waals surface area (Å²) in [5.41, 5.74) is 1.38. The minimum Gasteiger partial charge on any atom is -0.481 e. The third kappa shape index (κ3) is 1.30. The summed E-state index contributed by atoms with van der Waals surface area (Å²) in [5.74, 6) is -0.675. The number of aromatic nitrogens is 2. The molecule has 2 aromatic heterocycles. The molecule has 1 saturated carbocycles. The Bertz CT molecular complexity index is 555. The summed E-state index contributed by atoms with van der Waals surface area (Å²) in [6.07, 6.45) is 5.78. The molecule has 82 valence electrons. The lowest BCUT2D eigenvalue weighted by Gasteiger charge is -2.07. The fourth-order valence-corrected chi connectivity index (χ4v) is 2.14. The first-order valence-electron chi connectivity index (χ1n) is 5.36. The Kier molecular flexibility index (Phi) is 1.80. The zero-order chi connectivity index (χ0) is 11.2. The number of H-pyrrole nitrogens is 1. The average Bonchev–Trinajstić information content (AvgIpc) is 2.96. The first kappa shape index (κ1) is 9.39. The van der Waals surface area contributed by atoms with E-state index < -0.39 is 11.4 Å². The molecular weight excluding hydrogens is 204 g/mol. The third-order valence-corrected chi connectivity index (χ3v) is 3.37. The van der Waals surface area contributed by atoms with E-state index in [0.717, 1.165) is 29.4 Å². The van der Waals surface area contributed by atoms with Crippen molar-refractivity contribution >= 4 is 17.0 Å². The van der Waals surface area contributed by atoms with Crippen LogP contribution in [0.5, 0.6) is 0 Å². The molecule has 3 rings (SSSR count). The average molecular weight is 216 g/mol. The molecule has 0 atom stereocenters. The van der Waals surface area contributed by atoms with Gasteiger partial charge in [-0.25, -0.2) is 4.98 Å². The smallest absolute Gasteiger partial charge is 0.309 e. The number of rotatable bonds is 3. The summed E-state index contributed by atoms with van der Waals surface area (Å²) in [6, 6.07) is 3.85. The lowest BCUT2D eigenvalue weighted by Crippen LogP contribution is -2.17. The maximum Gasteiger partial charge on any atom is 0.309 e. The van der Waals surface area contributed by atoms with Gasteiger partial charge in [0.2, 0.25) is 0 Å². The van der Waals surface area contributed by atoms with Gasteiger partial charge in [-0.15, -0.1) is 0 Å². The van der Waals surface area contributed by atoms with Gasteiger partial charge in [-0.2, -0.15) is 0 Å². The summed E-state index contributed by atoms with van der Waals surface area (Å²) in [7, 11) is 0. The number of nitrogens with zero attached hydrogens (tertiary/aromatic N) is 1. The second-order valence-electron chi connectivity index (χ2n) is 4.48. The highest BCUT2D eigenvalue weighted by Gasteiger charge is 2.50. The van der Waals surface area contributed by atoms with Crippen LogP contribution in [0.1, 0.15) is 18.4 Å². The molecule has 1 aliphatic rings. The van der Waals surface area contributed by atoms with E-state index >= 15 is 0 Å². The molecule has 2 N–H and O–H groups in total. The monoisotopic (exact) mass is 216 g/mol. The van der Waals surface area contributed by atoms with Gasteiger partial charge in [0.15, 0.2) is 0 Å². The van der Waals surface area contributed by atoms with Crippen molar-refractivity contribution in [1.82, 2.24) is 9.97 Å². The van der Waals surface area contributed by atoms with Gasteiger partial charge in [0.05, 0.1) is 5.41 Å². The van der Waals surface area contributed by atoms with E-state index in [-0.39, 0.29) is 0 Å². The van der Waals surface area contributed by atoms with Crippen LogP contribution < -0.4 is 0 Å². The number of aliphatic carboxylic acids is 1. The lowest BCUT2D eigenvalue weighted by molar-refractivity contribution is -0.143. The van der Waals surface area contributed by atoms with Crippen LogP contribution in [0, 0.1) is 5.41 Å². The van der Waals surface area contributed by atoms with Crippen LogP contribution in [0.2, 0.25) is 0 Å². The molecule has 16 heavy (non-hydrogen) atoms. The molecule has 0 aliphatic heterocycles. The van der Waals surface area contributed by atoms with E-state index in [0.29, 0.717) is 6.42 Å². The number of hydrogen-bond donors (Lipinski definition) is 2. The molecule has 4 nitrogen and oxygen atoms in total. The Labute approximate surface area is 92.3 Å². The van der Waals surface area contributed by atoms with Crippen molar-refractivity contribution in [2.24, 2.45) is 5.41 Å². The highest BCUT2D eigenvalue weighted by Crippen LogP contribution is 2.49. The second kappa shape index (κ2) is 3.07. The third-order valence-electron chi connectivity index (χ3n) is 3.37. The summed E-state index contributed by atoms with van der Waals surface area (Å²) in [5, 5.41) is 10.2. The Morgan fingerprint density at radius 1 is 1.56 bits per heavy atom. The van der Waals surface area contributed by atoms with Crippen LogP contribution in [0.4, 0.5) is 0 Å². The van der Waals surface area contributed by atoms with Crippen molar-refractivity contribution in [2.45, 2.75) is 19.3 Å². The topological polar surface area (TPSA) is 66.0 Å². The van der Waals surface area contributed by atoms with Gasteiger partial charge >= 0.3 is 5.97 Å². The Balaban J connectivity index is 1.98. The molecule has 4 heteroatoms. The minimum absolute atomic E-state index is 0.509. The zero-order valence-electron chi connectivity index (χ0n) is 8.73. The summed E-state index contributed by atoms with van der Waals surface area (Å²) in [4.78, 5) is 18.4. The number of carbonyl (C=O) groups is 1. The van der Waals surface area contributed by atoms with Gasteiger partial charge in [0.1, 0.15) is 5.65 Å². The van der Waals surface area contributed by atoms with Crippen LogP contribution in [-0.4, -0.2) is 21.0 Å². The number of pyridine rings is 1. The largest absolute Gasteiger partial charge is 0.481 e. The Hall–Kier alpha value is -1.84. The summed E-state index contributed by atoms with van der Waals surface area (Å²) >= 11 is 0. The Morgan fingerprint density at radius 3 is 3.06 bits per heavy atom. The zero-order valence-corrected chi connectivity index (χ0v) is 8.73. The molecule has 0 unspecified atom stereocenters. The van der Waals surface area contributed by atoms with Gasteiger partial charge in [0.25, 0.3) is 0 Å². The molecule has 0 saturated heterocycles. The number of carboxylic acids is 1. The van der Waals surface area contributed by atoms with E-state index in [9.17, 15) is 4.79 Å². The number of aromatic amines is 1. The molecule has 2 heterocycles. The van der Waals surface area contributed by atoms with E-state index in [1.807, 2.05) is 18.3 Å². The molecule has 0 bridgehead atoms. The maximum absolute atomic E-state index is 11.1. The van der Waals surface area contributed by atoms with Crippen molar-refractivity contribution in [3.63, 3.8) is 0 Å². The fourth-order valence-electron chi connectivity index (χ4n) is 2.14. The van der Waals surface area contributed by atoms with Crippen molar-refractivity contribution < 1.29 is 9.90 Å². The predicted molar refractivity (Wildman–Crippen MR) is 59.1 cm³/mol. The van der Waals surface area contributed by atoms with E-state index in [1.165, 1.54) is 0 Å². The van der Waals surface area contributed by atoms with Crippen molar-refractivity contribution in [3.05, 3.63) is 30.1 Å². The lowest BCUT2D eigenvalue weighted by atomic mass is 9.97. The van der Waals surface area contributed by atoms with Gasteiger partial charge in [-0.3, -0.25) is 4.79 Å². The quantitative estimate of drug-likeness (QED) is 0.824. The van der Waals surface area contributed by atoms with Gasteiger partial charge < -0.3 is 10.1 Å². The van der Waals surface area contributed by atoms with E-state index in [4.69, 9.17) is 5.11 Å². The van der Waals surface area contributed by atoms with Crippen LogP contribution in [0.25, 0.3) is 11.0 Å². The second-order valence-corrected chi connectivity index (χ2v) is 4.48. The van der Waals surface area contributed by atoms with Crippen molar-refractivity contribution in [2.75, 3.05) is 0 Å².